The molecule has 1 aromatic carbocycles. The number of rotatable bonds is 5. The molecule has 4 nitrogen and oxygen atoms in total. The molecular weight excluding hydrogens is 345 g/mol. The average molecular weight is 358 g/mol. The maximum atomic E-state index is 12.3. The second kappa shape index (κ2) is 7.63. The largest absolute Gasteiger partial charge is 0.469 e. The van der Waals surface area contributed by atoms with Gasteiger partial charge in [-0.2, -0.15) is 0 Å². The van der Waals surface area contributed by atoms with Crippen LogP contribution in [0.4, 0.5) is 0 Å². The molecule has 1 aromatic heterocycles. The van der Waals surface area contributed by atoms with Crippen molar-refractivity contribution in [3.8, 4) is 0 Å². The number of hydrogen-bond donors (Lipinski definition) is 1. The van der Waals surface area contributed by atoms with Crippen LogP contribution in [0.3, 0.4) is 0 Å². The number of carbonyl (C=O) groups excluding carboxylic acids is 2. The standard InChI is InChI=1S/C15H13Cl2NO3S/c1-21-14(19)8-12(13-3-2-4-22-13)18-15(20)9-5-10(16)7-11(17)6-9/h2-7,12H,8H2,1H3,(H,18,20). The number of methoxy groups -OCH3 is 1. The predicted molar refractivity (Wildman–Crippen MR) is 87.6 cm³/mol. The third-order valence-corrected chi connectivity index (χ3v) is 4.34. The molecule has 0 bridgehead atoms. The van der Waals surface area contributed by atoms with Crippen molar-refractivity contribution in [2.24, 2.45) is 0 Å². The van der Waals surface area contributed by atoms with Crippen LogP contribution in [-0.4, -0.2) is 19.0 Å². The van der Waals surface area contributed by atoms with Crippen LogP contribution in [0.5, 0.6) is 0 Å². The number of thiophene rings is 1. The summed E-state index contributed by atoms with van der Waals surface area (Å²) in [5.74, 6) is -0.755. The lowest BCUT2D eigenvalue weighted by molar-refractivity contribution is -0.141. The van der Waals surface area contributed by atoms with Crippen LogP contribution in [0, 0.1) is 0 Å². The molecule has 0 aliphatic heterocycles. The van der Waals surface area contributed by atoms with Gasteiger partial charge in [0.2, 0.25) is 0 Å². The molecule has 0 saturated heterocycles. The lowest BCUT2D eigenvalue weighted by atomic mass is 10.1. The van der Waals surface area contributed by atoms with Gasteiger partial charge in [0.15, 0.2) is 0 Å². The van der Waals surface area contributed by atoms with Gasteiger partial charge in [-0.05, 0) is 29.6 Å². The van der Waals surface area contributed by atoms with Crippen molar-refractivity contribution in [1.29, 1.82) is 0 Å². The van der Waals surface area contributed by atoms with Gasteiger partial charge < -0.3 is 10.1 Å². The Morgan fingerprint density at radius 3 is 2.50 bits per heavy atom. The minimum atomic E-state index is -0.460. The smallest absolute Gasteiger partial charge is 0.307 e. The van der Waals surface area contributed by atoms with Crippen molar-refractivity contribution >= 4 is 46.4 Å². The maximum absolute atomic E-state index is 12.3. The van der Waals surface area contributed by atoms with E-state index in [1.807, 2.05) is 17.5 Å². The lowest BCUT2D eigenvalue weighted by Crippen LogP contribution is -2.30. The van der Waals surface area contributed by atoms with E-state index >= 15 is 0 Å². The number of amides is 1. The molecule has 1 heterocycles. The van der Waals surface area contributed by atoms with Crippen LogP contribution in [-0.2, 0) is 9.53 Å². The van der Waals surface area contributed by atoms with Crippen LogP contribution in [0.15, 0.2) is 35.7 Å². The zero-order valence-corrected chi connectivity index (χ0v) is 14.0. The molecule has 0 spiro atoms. The van der Waals surface area contributed by atoms with Gasteiger partial charge >= 0.3 is 5.97 Å². The number of esters is 1. The fourth-order valence-electron chi connectivity index (χ4n) is 1.89. The molecule has 0 aliphatic rings. The van der Waals surface area contributed by atoms with Crippen LogP contribution in [0.1, 0.15) is 27.7 Å². The molecule has 0 aliphatic carbocycles. The summed E-state index contributed by atoms with van der Waals surface area (Å²) in [4.78, 5) is 24.7. The van der Waals surface area contributed by atoms with Gasteiger partial charge in [0.05, 0.1) is 19.6 Å². The third-order valence-electron chi connectivity index (χ3n) is 2.92. The van der Waals surface area contributed by atoms with Crippen molar-refractivity contribution in [2.75, 3.05) is 7.11 Å². The molecule has 1 atom stereocenters. The summed E-state index contributed by atoms with van der Waals surface area (Å²) in [5, 5.41) is 5.43. The number of nitrogens with one attached hydrogen (secondary N) is 1. The number of ether oxygens (including phenoxy) is 1. The van der Waals surface area contributed by atoms with E-state index in [2.05, 4.69) is 10.1 Å². The maximum Gasteiger partial charge on any atom is 0.307 e. The Balaban J connectivity index is 2.19. The highest BCUT2D eigenvalue weighted by Gasteiger charge is 2.21. The molecule has 1 N–H and O–H groups in total. The van der Waals surface area contributed by atoms with E-state index < -0.39 is 12.0 Å². The quantitative estimate of drug-likeness (QED) is 0.819. The Labute approximate surface area is 142 Å². The predicted octanol–water partition coefficient (Wildman–Crippen LogP) is 4.09. The first-order valence-corrected chi connectivity index (χ1v) is 8.00. The van der Waals surface area contributed by atoms with Crippen LogP contribution >= 0.6 is 34.5 Å². The second-order valence-corrected chi connectivity index (χ2v) is 6.33. The number of hydrogen-bond acceptors (Lipinski definition) is 4. The first-order valence-electron chi connectivity index (χ1n) is 6.36. The van der Waals surface area contributed by atoms with Gasteiger partial charge in [0.25, 0.3) is 5.91 Å². The summed E-state index contributed by atoms with van der Waals surface area (Å²) < 4.78 is 4.68. The molecule has 1 unspecified atom stereocenters. The zero-order valence-electron chi connectivity index (χ0n) is 11.6. The van der Waals surface area contributed by atoms with Crippen molar-refractivity contribution in [3.05, 3.63) is 56.2 Å². The van der Waals surface area contributed by atoms with Crippen molar-refractivity contribution in [1.82, 2.24) is 5.32 Å². The molecule has 0 radical (unpaired) electrons. The van der Waals surface area contributed by atoms with Gasteiger partial charge in [-0.1, -0.05) is 29.3 Å². The van der Waals surface area contributed by atoms with E-state index in [1.165, 1.54) is 30.6 Å². The third kappa shape index (κ3) is 4.47. The normalized spacial score (nSPS) is 11.8. The molecule has 0 saturated carbocycles. The Hall–Kier alpha value is -1.56. The molecular formula is C15H13Cl2NO3S. The first-order chi connectivity index (χ1) is 10.5. The van der Waals surface area contributed by atoms with Crippen molar-refractivity contribution in [3.63, 3.8) is 0 Å². The molecule has 7 heteroatoms. The Morgan fingerprint density at radius 1 is 1.27 bits per heavy atom. The molecule has 2 aromatic rings. The zero-order chi connectivity index (χ0) is 16.1. The second-order valence-electron chi connectivity index (χ2n) is 4.48. The molecule has 116 valence electrons. The average Bonchev–Trinajstić information content (AvgIpc) is 2.99. The number of benzene rings is 1. The van der Waals surface area contributed by atoms with Crippen molar-refractivity contribution < 1.29 is 14.3 Å². The first kappa shape index (κ1) is 16.8. The number of halogens is 2. The van der Waals surface area contributed by atoms with Crippen LogP contribution < -0.4 is 5.32 Å². The topological polar surface area (TPSA) is 55.4 Å². The minimum absolute atomic E-state index is 0.0526. The van der Waals surface area contributed by atoms with E-state index in [0.717, 1.165) is 4.88 Å². The van der Waals surface area contributed by atoms with Gasteiger partial charge in [0, 0.05) is 20.5 Å². The van der Waals surface area contributed by atoms with E-state index in [9.17, 15) is 9.59 Å². The van der Waals surface area contributed by atoms with Crippen LogP contribution in [0.2, 0.25) is 10.0 Å². The fraction of sp³-hybridized carbons (Fsp3) is 0.200. The monoisotopic (exact) mass is 357 g/mol. The highest BCUT2D eigenvalue weighted by molar-refractivity contribution is 7.10. The summed E-state index contributed by atoms with van der Waals surface area (Å²) in [5.41, 5.74) is 0.337. The van der Waals surface area contributed by atoms with E-state index in [1.54, 1.807) is 6.07 Å². The Morgan fingerprint density at radius 2 is 1.95 bits per heavy atom. The summed E-state index contributed by atoms with van der Waals surface area (Å²) in [6, 6.07) is 7.83. The lowest BCUT2D eigenvalue weighted by Gasteiger charge is -2.16. The Kier molecular flexibility index (Phi) is 5.83. The molecule has 1 amide bonds. The van der Waals surface area contributed by atoms with Gasteiger partial charge in [-0.3, -0.25) is 9.59 Å². The van der Waals surface area contributed by atoms with E-state index in [0.29, 0.717) is 15.6 Å². The van der Waals surface area contributed by atoms with Gasteiger partial charge in [-0.15, -0.1) is 11.3 Å². The highest BCUT2D eigenvalue weighted by atomic mass is 35.5. The fourth-order valence-corrected chi connectivity index (χ4v) is 3.19. The van der Waals surface area contributed by atoms with Gasteiger partial charge in [0.1, 0.15) is 0 Å². The Bertz CT molecular complexity index is 653. The summed E-state index contributed by atoms with van der Waals surface area (Å²) >= 11 is 13.3. The summed E-state index contributed by atoms with van der Waals surface area (Å²) in [6.45, 7) is 0. The highest BCUT2D eigenvalue weighted by Crippen LogP contribution is 2.24. The summed E-state index contributed by atoms with van der Waals surface area (Å²) in [6.07, 6.45) is 0.0526. The molecule has 2 rings (SSSR count). The summed E-state index contributed by atoms with van der Waals surface area (Å²) in [7, 11) is 1.31. The van der Waals surface area contributed by atoms with E-state index in [4.69, 9.17) is 23.2 Å². The number of carbonyl (C=O) groups is 2. The van der Waals surface area contributed by atoms with Gasteiger partial charge in [-0.25, -0.2) is 0 Å². The molecule has 22 heavy (non-hydrogen) atoms. The van der Waals surface area contributed by atoms with Crippen LogP contribution in [0.25, 0.3) is 0 Å². The molecule has 0 fully saturated rings. The SMILES string of the molecule is COC(=O)CC(NC(=O)c1cc(Cl)cc(Cl)c1)c1cccs1. The van der Waals surface area contributed by atoms with Crippen molar-refractivity contribution in [2.45, 2.75) is 12.5 Å². The minimum Gasteiger partial charge on any atom is -0.469 e. The van der Waals surface area contributed by atoms with E-state index in [-0.39, 0.29) is 12.3 Å².